The number of nitrogens with one attached hydrogen (secondary N) is 1. The molecule has 1 aromatic rings. The Labute approximate surface area is 106 Å². The lowest BCUT2D eigenvalue weighted by molar-refractivity contribution is 0.0875. The van der Waals surface area contributed by atoms with Gasteiger partial charge >= 0.3 is 0 Å². The van der Waals surface area contributed by atoms with Crippen LogP contribution in [0, 0.1) is 0 Å². The largest absolute Gasteiger partial charge is 0.326 e. The van der Waals surface area contributed by atoms with Crippen LogP contribution in [0.3, 0.4) is 0 Å². The molecule has 1 fully saturated rings. The van der Waals surface area contributed by atoms with E-state index in [1.54, 1.807) is 4.57 Å². The monoisotopic (exact) mass is 297 g/mol. The van der Waals surface area contributed by atoms with Crippen molar-refractivity contribution in [1.82, 2.24) is 14.9 Å². The number of carbonyl (C=O) groups excluding carboxylic acids is 1. The van der Waals surface area contributed by atoms with Gasteiger partial charge in [-0.25, -0.2) is 4.98 Å². The highest BCUT2D eigenvalue weighted by Crippen LogP contribution is 2.35. The molecule has 2 heterocycles. The summed E-state index contributed by atoms with van der Waals surface area (Å²) in [4.78, 5) is 28.1. The van der Waals surface area contributed by atoms with Crippen molar-refractivity contribution in [2.45, 2.75) is 37.8 Å². The van der Waals surface area contributed by atoms with E-state index in [9.17, 15) is 9.59 Å². The molecular weight excluding hydrogens is 286 g/mol. The van der Waals surface area contributed by atoms with E-state index in [0.717, 1.165) is 32.1 Å². The molecule has 5 nitrogen and oxygen atoms in total. The third-order valence-electron chi connectivity index (χ3n) is 3.55. The van der Waals surface area contributed by atoms with Crippen molar-refractivity contribution in [1.29, 1.82) is 0 Å². The zero-order valence-electron chi connectivity index (χ0n) is 9.20. The Kier molecular flexibility index (Phi) is 2.36. The van der Waals surface area contributed by atoms with Gasteiger partial charge in [0.15, 0.2) is 0 Å². The normalized spacial score (nSPS) is 21.4. The van der Waals surface area contributed by atoms with Crippen LogP contribution in [-0.2, 0) is 5.66 Å². The Morgan fingerprint density at radius 3 is 2.71 bits per heavy atom. The number of amides is 1. The van der Waals surface area contributed by atoms with Crippen molar-refractivity contribution in [3.05, 3.63) is 26.8 Å². The van der Waals surface area contributed by atoms with Crippen LogP contribution in [0.5, 0.6) is 0 Å². The number of aromatic nitrogens is 2. The van der Waals surface area contributed by atoms with Crippen molar-refractivity contribution in [2.75, 3.05) is 0 Å². The van der Waals surface area contributed by atoms with E-state index < -0.39 is 5.66 Å². The molecule has 1 aromatic heterocycles. The topological polar surface area (TPSA) is 64.0 Å². The van der Waals surface area contributed by atoms with E-state index in [-0.39, 0.29) is 17.3 Å². The van der Waals surface area contributed by atoms with Crippen LogP contribution in [-0.4, -0.2) is 15.5 Å². The lowest BCUT2D eigenvalue weighted by atomic mass is 9.89. The Hall–Kier alpha value is -1.17. The van der Waals surface area contributed by atoms with Gasteiger partial charge in [-0.2, -0.15) is 0 Å². The highest BCUT2D eigenvalue weighted by Gasteiger charge is 2.44. The lowest BCUT2D eigenvalue weighted by Gasteiger charge is -2.34. The summed E-state index contributed by atoms with van der Waals surface area (Å²) < 4.78 is 1.95. The van der Waals surface area contributed by atoms with Crippen LogP contribution in [0.4, 0.5) is 0 Å². The number of halogens is 1. The van der Waals surface area contributed by atoms with E-state index in [1.165, 1.54) is 6.07 Å². The van der Waals surface area contributed by atoms with Gasteiger partial charge in [-0.05, 0) is 41.6 Å². The van der Waals surface area contributed by atoms with Gasteiger partial charge in [0.25, 0.3) is 11.5 Å². The highest BCUT2D eigenvalue weighted by atomic mass is 79.9. The third-order valence-corrected chi connectivity index (χ3v) is 3.95. The number of hydrogen-bond donors (Lipinski definition) is 1. The van der Waals surface area contributed by atoms with Gasteiger partial charge in [0.1, 0.15) is 10.3 Å². The predicted molar refractivity (Wildman–Crippen MR) is 64.7 cm³/mol. The quantitative estimate of drug-likeness (QED) is 0.736. The van der Waals surface area contributed by atoms with Gasteiger partial charge in [-0.3, -0.25) is 14.2 Å². The van der Waals surface area contributed by atoms with Crippen molar-refractivity contribution in [3.63, 3.8) is 0 Å². The van der Waals surface area contributed by atoms with Crippen LogP contribution in [0.25, 0.3) is 0 Å². The van der Waals surface area contributed by atoms with E-state index >= 15 is 0 Å². The second-order valence-corrected chi connectivity index (χ2v) is 5.43. The molecule has 1 saturated carbocycles. The number of fused-ring (bicyclic) bond motifs is 2. The minimum Gasteiger partial charge on any atom is -0.326 e. The molecule has 1 aliphatic carbocycles. The maximum atomic E-state index is 12.1. The molecule has 1 N–H and O–H groups in total. The van der Waals surface area contributed by atoms with Crippen LogP contribution < -0.4 is 10.9 Å². The van der Waals surface area contributed by atoms with Gasteiger partial charge in [0.05, 0.1) is 0 Å². The molecule has 2 aliphatic rings. The summed E-state index contributed by atoms with van der Waals surface area (Å²) in [5.41, 5.74) is -0.683. The molecule has 90 valence electrons. The maximum absolute atomic E-state index is 12.1. The molecular formula is C11H12BrN3O2. The molecule has 0 unspecified atom stereocenters. The van der Waals surface area contributed by atoms with Gasteiger partial charge in [-0.1, -0.05) is 6.42 Å². The number of hydrogen-bond acceptors (Lipinski definition) is 3. The summed E-state index contributed by atoms with van der Waals surface area (Å²) in [5.74, 6) is -0.0171. The molecule has 0 atom stereocenters. The first-order chi connectivity index (χ1) is 8.12. The lowest BCUT2D eigenvalue weighted by Crippen LogP contribution is -2.48. The molecule has 1 amide bonds. The van der Waals surface area contributed by atoms with Gasteiger partial charge < -0.3 is 5.32 Å². The number of nitrogens with zero attached hydrogens (tertiary/aromatic N) is 2. The Balaban J connectivity index is 2.22. The van der Waals surface area contributed by atoms with Crippen molar-refractivity contribution >= 4 is 21.8 Å². The van der Waals surface area contributed by atoms with E-state index in [2.05, 4.69) is 26.2 Å². The molecule has 3 rings (SSSR count). The fourth-order valence-corrected chi connectivity index (χ4v) is 3.19. The van der Waals surface area contributed by atoms with Crippen molar-refractivity contribution in [2.24, 2.45) is 0 Å². The van der Waals surface area contributed by atoms with Gasteiger partial charge in [0.2, 0.25) is 5.82 Å². The molecule has 0 bridgehead atoms. The fraction of sp³-hybridized carbons (Fsp3) is 0.545. The smallest absolute Gasteiger partial charge is 0.289 e. The molecule has 0 radical (unpaired) electrons. The summed E-state index contributed by atoms with van der Waals surface area (Å²) >= 11 is 3.15. The minimum atomic E-state index is -0.518. The summed E-state index contributed by atoms with van der Waals surface area (Å²) in [6.07, 6.45) is 4.85. The molecule has 17 heavy (non-hydrogen) atoms. The average molecular weight is 298 g/mol. The molecule has 1 spiro atoms. The number of carbonyl (C=O) groups is 1. The van der Waals surface area contributed by atoms with Crippen molar-refractivity contribution < 1.29 is 4.79 Å². The Morgan fingerprint density at radius 1 is 1.29 bits per heavy atom. The number of rotatable bonds is 0. The Bertz CT molecular complexity index is 546. The van der Waals surface area contributed by atoms with Crippen LogP contribution in [0.2, 0.25) is 0 Å². The third kappa shape index (κ3) is 1.54. The minimum absolute atomic E-state index is 0.165. The van der Waals surface area contributed by atoms with Crippen LogP contribution in [0.15, 0.2) is 15.5 Å². The fourth-order valence-electron chi connectivity index (χ4n) is 2.83. The molecule has 0 saturated heterocycles. The second kappa shape index (κ2) is 3.66. The molecule has 6 heteroatoms. The SMILES string of the molecule is O=C1NC2(CCCCC2)n2c1nc(Br)cc2=O. The summed E-state index contributed by atoms with van der Waals surface area (Å²) in [5, 5.41) is 2.94. The first-order valence-electron chi connectivity index (χ1n) is 5.75. The van der Waals surface area contributed by atoms with Crippen molar-refractivity contribution in [3.8, 4) is 0 Å². The van der Waals surface area contributed by atoms with E-state index in [4.69, 9.17) is 0 Å². The predicted octanol–water partition coefficient (Wildman–Crippen LogP) is 1.37. The maximum Gasteiger partial charge on any atom is 0.289 e. The first kappa shape index (κ1) is 11.0. The summed E-state index contributed by atoms with van der Waals surface area (Å²) in [6.45, 7) is 0. The van der Waals surface area contributed by atoms with Gasteiger partial charge in [-0.15, -0.1) is 0 Å². The van der Waals surface area contributed by atoms with E-state index in [1.807, 2.05) is 0 Å². The van der Waals surface area contributed by atoms with Crippen LogP contribution in [0.1, 0.15) is 42.7 Å². The average Bonchev–Trinajstić information content (AvgIpc) is 2.53. The first-order valence-corrected chi connectivity index (χ1v) is 6.54. The standard InChI is InChI=1S/C11H12BrN3O2/c12-7-6-8(16)15-9(13-7)10(17)14-11(15)4-2-1-3-5-11/h6H,1-5H2,(H,14,17). The Morgan fingerprint density at radius 2 is 2.00 bits per heavy atom. The molecule has 1 aliphatic heterocycles. The zero-order chi connectivity index (χ0) is 12.0. The molecule has 0 aromatic carbocycles. The summed E-state index contributed by atoms with van der Waals surface area (Å²) in [6, 6.07) is 1.42. The van der Waals surface area contributed by atoms with E-state index in [0.29, 0.717) is 4.60 Å². The summed E-state index contributed by atoms with van der Waals surface area (Å²) in [7, 11) is 0. The highest BCUT2D eigenvalue weighted by molar-refractivity contribution is 9.10. The van der Waals surface area contributed by atoms with Crippen LogP contribution >= 0.6 is 15.9 Å². The zero-order valence-corrected chi connectivity index (χ0v) is 10.8. The second-order valence-electron chi connectivity index (χ2n) is 4.62. The van der Waals surface area contributed by atoms with Gasteiger partial charge in [0, 0.05) is 6.07 Å².